The molecule has 1 nitrogen and oxygen atoms in total. The zero-order valence-corrected chi connectivity index (χ0v) is 7.89. The van der Waals surface area contributed by atoms with E-state index >= 15 is 0 Å². The average Bonchev–Trinajstić information content (AvgIpc) is 2.16. The second-order valence-electron chi connectivity index (χ2n) is 2.77. The van der Waals surface area contributed by atoms with Crippen LogP contribution in [0.15, 0.2) is 24.8 Å². The topological polar surface area (TPSA) is 9.23 Å². The Hall–Kier alpha value is -1.38. The minimum absolute atomic E-state index is 0.158. The van der Waals surface area contributed by atoms with Crippen LogP contribution in [0.2, 0.25) is 0 Å². The number of benzene rings is 1. The number of alkyl halides is 2. The molecule has 1 radical (unpaired) electrons. The van der Waals surface area contributed by atoms with E-state index in [4.69, 9.17) is 0 Å². The summed E-state index contributed by atoms with van der Waals surface area (Å²) in [6, 6.07) is 4.91. The van der Waals surface area contributed by atoms with Crippen molar-refractivity contribution in [3.8, 4) is 5.75 Å². The van der Waals surface area contributed by atoms with E-state index in [1.165, 1.54) is 6.07 Å². The summed E-state index contributed by atoms with van der Waals surface area (Å²) in [6.45, 7) is 2.61. The molecule has 1 aromatic rings. The second-order valence-corrected chi connectivity index (χ2v) is 2.77. The van der Waals surface area contributed by atoms with Crippen LogP contribution in [0.4, 0.5) is 8.78 Å². The summed E-state index contributed by atoms with van der Waals surface area (Å²) in [5.74, 6) is 0.158. The molecule has 0 aliphatic rings. The number of hydrogen-bond acceptors (Lipinski definition) is 1. The van der Waals surface area contributed by atoms with E-state index in [-0.39, 0.29) is 5.75 Å². The third kappa shape index (κ3) is 2.83. The van der Waals surface area contributed by atoms with E-state index in [2.05, 4.69) is 17.4 Å². The van der Waals surface area contributed by atoms with Gasteiger partial charge in [0.25, 0.3) is 0 Å². The third-order valence-electron chi connectivity index (χ3n) is 1.80. The van der Waals surface area contributed by atoms with E-state index in [0.29, 0.717) is 5.56 Å². The minimum Gasteiger partial charge on any atom is -0.435 e. The Balaban J connectivity index is 2.98. The molecule has 14 heavy (non-hydrogen) atoms. The van der Waals surface area contributed by atoms with Gasteiger partial charge in [-0.25, -0.2) is 0 Å². The first-order valence-electron chi connectivity index (χ1n) is 4.27. The Morgan fingerprint density at radius 1 is 1.43 bits per heavy atom. The highest BCUT2D eigenvalue weighted by atomic mass is 19.3. The zero-order valence-electron chi connectivity index (χ0n) is 7.89. The molecule has 0 aliphatic heterocycles. The molecule has 0 heterocycles. The first-order chi connectivity index (χ1) is 6.65. The molecule has 0 fully saturated rings. The molecule has 75 valence electrons. The van der Waals surface area contributed by atoms with Crippen molar-refractivity contribution in [1.29, 1.82) is 0 Å². The van der Waals surface area contributed by atoms with Gasteiger partial charge in [-0.2, -0.15) is 8.78 Å². The third-order valence-corrected chi connectivity index (χ3v) is 1.80. The van der Waals surface area contributed by atoms with Crippen molar-refractivity contribution in [2.75, 3.05) is 0 Å². The van der Waals surface area contributed by atoms with Crippen molar-refractivity contribution < 1.29 is 13.5 Å². The number of hydrogen-bond donors (Lipinski definition) is 0. The Bertz CT molecular complexity index is 321. The molecule has 0 atom stereocenters. The summed E-state index contributed by atoms with van der Waals surface area (Å²) in [4.78, 5) is 0. The Labute approximate surface area is 82.0 Å². The summed E-state index contributed by atoms with van der Waals surface area (Å²) in [5, 5.41) is 0. The molecule has 0 unspecified atom stereocenters. The normalized spacial score (nSPS) is 10.3. The first kappa shape index (κ1) is 10.7. The molecule has 0 saturated carbocycles. The average molecular weight is 197 g/mol. The van der Waals surface area contributed by atoms with E-state index < -0.39 is 6.61 Å². The fourth-order valence-electron chi connectivity index (χ4n) is 1.14. The predicted molar refractivity (Wildman–Crippen MR) is 50.4 cm³/mol. The second kappa shape index (κ2) is 4.74. The van der Waals surface area contributed by atoms with Crippen LogP contribution in [0, 0.1) is 6.08 Å². The van der Waals surface area contributed by atoms with Gasteiger partial charge in [-0.15, -0.1) is 0 Å². The van der Waals surface area contributed by atoms with E-state index in [9.17, 15) is 8.78 Å². The van der Waals surface area contributed by atoms with Crippen molar-refractivity contribution in [3.63, 3.8) is 0 Å². The Kier molecular flexibility index (Phi) is 3.63. The zero-order chi connectivity index (χ0) is 10.6. The van der Waals surface area contributed by atoms with E-state index in [0.717, 1.165) is 12.0 Å². The lowest BCUT2D eigenvalue weighted by Gasteiger charge is -2.07. The maximum atomic E-state index is 11.9. The summed E-state index contributed by atoms with van der Waals surface area (Å²) in [5.41, 5.74) is 1.59. The fourth-order valence-corrected chi connectivity index (χ4v) is 1.14. The summed E-state index contributed by atoms with van der Waals surface area (Å²) in [6.07, 6.45) is 3.40. The molecule has 3 heteroatoms. The molecule has 1 aromatic carbocycles. The Morgan fingerprint density at radius 2 is 2.14 bits per heavy atom. The van der Waals surface area contributed by atoms with E-state index in [1.54, 1.807) is 6.07 Å². The lowest BCUT2D eigenvalue weighted by atomic mass is 10.1. The largest absolute Gasteiger partial charge is 0.435 e. The molecule has 0 N–H and O–H groups in total. The maximum absolute atomic E-state index is 11.9. The number of rotatable bonds is 4. The molecule has 0 spiro atoms. The first-order valence-corrected chi connectivity index (χ1v) is 4.27. The van der Waals surface area contributed by atoms with Gasteiger partial charge in [0.15, 0.2) is 0 Å². The van der Waals surface area contributed by atoms with Crippen molar-refractivity contribution in [1.82, 2.24) is 0 Å². The van der Waals surface area contributed by atoms with Gasteiger partial charge in [0.2, 0.25) is 0 Å². The van der Waals surface area contributed by atoms with E-state index in [1.807, 2.05) is 13.0 Å². The number of halogens is 2. The van der Waals surface area contributed by atoms with Crippen LogP contribution in [0.1, 0.15) is 18.1 Å². The Morgan fingerprint density at radius 3 is 2.64 bits per heavy atom. The van der Waals surface area contributed by atoms with Gasteiger partial charge in [-0.3, -0.25) is 0 Å². The summed E-state index contributed by atoms with van der Waals surface area (Å²) < 4.78 is 28.2. The quantitative estimate of drug-likeness (QED) is 0.720. The van der Waals surface area contributed by atoms with Crippen molar-refractivity contribution in [3.05, 3.63) is 42.0 Å². The van der Waals surface area contributed by atoms with Gasteiger partial charge >= 0.3 is 6.61 Å². The van der Waals surface area contributed by atoms with Crippen LogP contribution >= 0.6 is 0 Å². The van der Waals surface area contributed by atoms with Gasteiger partial charge in [0.05, 0.1) is 0 Å². The van der Waals surface area contributed by atoms with Gasteiger partial charge in [0.1, 0.15) is 5.75 Å². The smallest absolute Gasteiger partial charge is 0.387 e. The van der Waals surface area contributed by atoms with Crippen LogP contribution in [-0.2, 0) is 6.42 Å². The van der Waals surface area contributed by atoms with Crippen LogP contribution in [0.25, 0.3) is 0 Å². The monoisotopic (exact) mass is 197 g/mol. The minimum atomic E-state index is -2.79. The summed E-state index contributed by atoms with van der Waals surface area (Å²) >= 11 is 0. The lowest BCUT2D eigenvalue weighted by molar-refractivity contribution is -0.0498. The molecular formula is C11H11F2O. The molecule has 0 aliphatic carbocycles. The SMILES string of the molecule is C=[C]c1cc(CC)cc(OC(F)F)c1. The molecule has 0 bridgehead atoms. The van der Waals surface area contributed by atoms with Crippen molar-refractivity contribution >= 4 is 0 Å². The molecule has 0 saturated heterocycles. The van der Waals surface area contributed by atoms with Gasteiger partial charge in [-0.1, -0.05) is 19.6 Å². The van der Waals surface area contributed by atoms with Crippen molar-refractivity contribution in [2.45, 2.75) is 20.0 Å². The van der Waals surface area contributed by atoms with Crippen LogP contribution in [0.3, 0.4) is 0 Å². The molecule has 0 aromatic heterocycles. The standard InChI is InChI=1S/C11H11F2O/c1-3-8-5-9(4-2)7-10(6-8)14-11(12)13/h5-7,11H,1,4H2,2H3. The molecule has 1 rings (SSSR count). The maximum Gasteiger partial charge on any atom is 0.387 e. The van der Waals surface area contributed by atoms with Gasteiger partial charge in [0, 0.05) is 0 Å². The predicted octanol–water partition coefficient (Wildman–Crippen LogP) is 3.19. The lowest BCUT2D eigenvalue weighted by Crippen LogP contribution is -2.02. The molecular weight excluding hydrogens is 186 g/mol. The van der Waals surface area contributed by atoms with Crippen LogP contribution in [-0.4, -0.2) is 6.61 Å². The van der Waals surface area contributed by atoms with Gasteiger partial charge in [-0.05, 0) is 35.8 Å². The van der Waals surface area contributed by atoms with Crippen LogP contribution < -0.4 is 4.74 Å². The number of aryl methyl sites for hydroxylation is 1. The highest BCUT2D eigenvalue weighted by Crippen LogP contribution is 2.19. The van der Waals surface area contributed by atoms with Crippen molar-refractivity contribution in [2.24, 2.45) is 0 Å². The molecule has 0 amide bonds. The fraction of sp³-hybridized carbons (Fsp3) is 0.273. The highest BCUT2D eigenvalue weighted by Gasteiger charge is 2.05. The number of ether oxygens (including phenoxy) is 1. The van der Waals surface area contributed by atoms with Crippen LogP contribution in [0.5, 0.6) is 5.75 Å². The highest BCUT2D eigenvalue weighted by molar-refractivity contribution is 5.37. The summed E-state index contributed by atoms with van der Waals surface area (Å²) in [7, 11) is 0. The van der Waals surface area contributed by atoms with Gasteiger partial charge < -0.3 is 4.74 Å².